The second-order valence-electron chi connectivity index (χ2n) is 4.00. The lowest BCUT2D eigenvalue weighted by atomic mass is 10.1. The van der Waals surface area contributed by atoms with Crippen LogP contribution in [0.1, 0.15) is 16.8 Å². The van der Waals surface area contributed by atoms with Crippen molar-refractivity contribution in [2.75, 3.05) is 0 Å². The van der Waals surface area contributed by atoms with Gasteiger partial charge in [-0.3, -0.25) is 0 Å². The molecule has 0 aliphatic carbocycles. The molecule has 0 aliphatic rings. The van der Waals surface area contributed by atoms with Gasteiger partial charge in [-0.2, -0.15) is 0 Å². The summed E-state index contributed by atoms with van der Waals surface area (Å²) in [6, 6.07) is 6.67. The zero-order valence-corrected chi connectivity index (χ0v) is 10.5. The molecule has 2 rings (SSSR count). The van der Waals surface area contributed by atoms with E-state index in [0.29, 0.717) is 10.6 Å². The van der Waals surface area contributed by atoms with Gasteiger partial charge in [-0.15, -0.1) is 0 Å². The van der Waals surface area contributed by atoms with E-state index in [1.54, 1.807) is 18.2 Å². The Hall–Kier alpha value is -1.62. The third-order valence-electron chi connectivity index (χ3n) is 2.67. The molecule has 0 atom stereocenters. The van der Waals surface area contributed by atoms with E-state index >= 15 is 0 Å². The molecule has 1 heterocycles. The van der Waals surface area contributed by atoms with E-state index < -0.39 is 9.84 Å². The summed E-state index contributed by atoms with van der Waals surface area (Å²) >= 11 is 0. The highest BCUT2D eigenvalue weighted by atomic mass is 32.2. The van der Waals surface area contributed by atoms with Crippen molar-refractivity contribution in [2.45, 2.75) is 24.5 Å². The van der Waals surface area contributed by atoms with Gasteiger partial charge >= 0.3 is 0 Å². The Kier molecular flexibility index (Phi) is 3.02. The number of nitrogens with zero attached hydrogens (tertiary/aromatic N) is 1. The lowest BCUT2D eigenvalue weighted by Crippen LogP contribution is -2.05. The van der Waals surface area contributed by atoms with Crippen LogP contribution in [0.5, 0.6) is 0 Å². The monoisotopic (exact) mass is 251 g/mol. The van der Waals surface area contributed by atoms with Crippen LogP contribution in [0, 0.1) is 13.8 Å². The Morgan fingerprint density at radius 3 is 2.53 bits per heavy atom. The Bertz CT molecular complexity index is 615. The minimum absolute atomic E-state index is 0.133. The van der Waals surface area contributed by atoms with Crippen molar-refractivity contribution in [2.24, 2.45) is 0 Å². The molecule has 0 amide bonds. The van der Waals surface area contributed by atoms with Gasteiger partial charge in [-0.25, -0.2) is 8.42 Å². The van der Waals surface area contributed by atoms with Crippen LogP contribution in [0.2, 0.25) is 0 Å². The Morgan fingerprint density at radius 2 is 1.94 bits per heavy atom. The van der Waals surface area contributed by atoms with E-state index in [1.807, 2.05) is 19.9 Å². The van der Waals surface area contributed by atoms with Gasteiger partial charge in [0.1, 0.15) is 12.0 Å². The molecule has 90 valence electrons. The average molecular weight is 251 g/mol. The number of aromatic nitrogens is 1. The third kappa shape index (κ3) is 2.55. The highest BCUT2D eigenvalue weighted by Gasteiger charge is 2.17. The van der Waals surface area contributed by atoms with Crippen molar-refractivity contribution < 1.29 is 12.9 Å². The first kappa shape index (κ1) is 11.9. The van der Waals surface area contributed by atoms with Crippen LogP contribution < -0.4 is 0 Å². The van der Waals surface area contributed by atoms with Crippen molar-refractivity contribution in [1.82, 2.24) is 5.16 Å². The van der Waals surface area contributed by atoms with E-state index in [9.17, 15) is 8.42 Å². The first-order valence-electron chi connectivity index (χ1n) is 5.18. The van der Waals surface area contributed by atoms with Gasteiger partial charge in [-0.1, -0.05) is 11.2 Å². The minimum Gasteiger partial charge on any atom is -0.364 e. The highest BCUT2D eigenvalue weighted by molar-refractivity contribution is 7.90. The maximum atomic E-state index is 12.1. The molecule has 0 aliphatic heterocycles. The van der Waals surface area contributed by atoms with Crippen LogP contribution in [-0.4, -0.2) is 13.6 Å². The topological polar surface area (TPSA) is 60.2 Å². The molecule has 0 fully saturated rings. The highest BCUT2D eigenvalue weighted by Crippen LogP contribution is 2.18. The molecule has 0 saturated carbocycles. The molecule has 17 heavy (non-hydrogen) atoms. The zero-order chi connectivity index (χ0) is 12.5. The van der Waals surface area contributed by atoms with Gasteiger partial charge in [0.25, 0.3) is 0 Å². The zero-order valence-electron chi connectivity index (χ0n) is 9.67. The van der Waals surface area contributed by atoms with Crippen molar-refractivity contribution in [3.63, 3.8) is 0 Å². The second-order valence-corrected chi connectivity index (χ2v) is 5.99. The molecule has 0 unspecified atom stereocenters. The van der Waals surface area contributed by atoms with Crippen LogP contribution in [0.4, 0.5) is 0 Å². The molecule has 1 aromatic carbocycles. The van der Waals surface area contributed by atoms with Crippen molar-refractivity contribution in [3.05, 3.63) is 47.3 Å². The number of hydrogen-bond acceptors (Lipinski definition) is 4. The van der Waals surface area contributed by atoms with Gasteiger partial charge in [0.05, 0.1) is 10.6 Å². The fourth-order valence-electron chi connectivity index (χ4n) is 1.50. The number of sulfone groups is 1. The van der Waals surface area contributed by atoms with E-state index in [0.717, 1.165) is 11.1 Å². The molecule has 0 bridgehead atoms. The summed E-state index contributed by atoms with van der Waals surface area (Å²) in [5.41, 5.74) is 2.46. The summed E-state index contributed by atoms with van der Waals surface area (Å²) in [5.74, 6) is -0.133. The summed E-state index contributed by atoms with van der Waals surface area (Å²) in [6.45, 7) is 3.84. The van der Waals surface area contributed by atoms with Gasteiger partial charge in [0, 0.05) is 6.07 Å². The van der Waals surface area contributed by atoms with Gasteiger partial charge < -0.3 is 4.52 Å². The Labute approximate surface area is 100 Å². The fraction of sp³-hybridized carbons (Fsp3) is 0.250. The van der Waals surface area contributed by atoms with Crippen LogP contribution in [0.25, 0.3) is 0 Å². The maximum Gasteiger partial charge on any atom is 0.184 e. The summed E-state index contributed by atoms with van der Waals surface area (Å²) in [7, 11) is -3.34. The Balaban J connectivity index is 2.35. The second kappa shape index (κ2) is 4.33. The molecule has 2 aromatic rings. The predicted octanol–water partition coefficient (Wildman–Crippen LogP) is 2.27. The number of rotatable bonds is 3. The Morgan fingerprint density at radius 1 is 1.18 bits per heavy atom. The fourth-order valence-corrected chi connectivity index (χ4v) is 2.83. The van der Waals surface area contributed by atoms with E-state index in [2.05, 4.69) is 9.68 Å². The molecule has 1 aromatic heterocycles. The molecular formula is C12H13NO3S. The normalized spacial score (nSPS) is 11.6. The SMILES string of the molecule is Cc1ccc(S(=O)(=O)Cc2ccon2)cc1C. The summed E-state index contributed by atoms with van der Waals surface area (Å²) < 4.78 is 28.8. The summed E-state index contributed by atoms with van der Waals surface area (Å²) in [5, 5.41) is 3.61. The van der Waals surface area contributed by atoms with Gasteiger partial charge in [-0.05, 0) is 37.1 Å². The lowest BCUT2D eigenvalue weighted by molar-refractivity contribution is 0.413. The molecule has 0 radical (unpaired) electrons. The molecule has 0 N–H and O–H groups in total. The first-order valence-corrected chi connectivity index (χ1v) is 6.83. The van der Waals surface area contributed by atoms with Crippen molar-refractivity contribution in [1.29, 1.82) is 0 Å². The minimum atomic E-state index is -3.34. The molecule has 0 saturated heterocycles. The number of hydrogen-bond donors (Lipinski definition) is 0. The van der Waals surface area contributed by atoms with Gasteiger partial charge in [0.2, 0.25) is 0 Å². The molecule has 4 nitrogen and oxygen atoms in total. The van der Waals surface area contributed by atoms with Crippen molar-refractivity contribution in [3.8, 4) is 0 Å². The van der Waals surface area contributed by atoms with E-state index in [-0.39, 0.29) is 5.75 Å². The molecular weight excluding hydrogens is 238 g/mol. The predicted molar refractivity (Wildman–Crippen MR) is 63.3 cm³/mol. The van der Waals surface area contributed by atoms with Crippen LogP contribution in [0.15, 0.2) is 39.9 Å². The van der Waals surface area contributed by atoms with Gasteiger partial charge in [0.15, 0.2) is 9.84 Å². The van der Waals surface area contributed by atoms with Crippen LogP contribution >= 0.6 is 0 Å². The largest absolute Gasteiger partial charge is 0.364 e. The number of benzene rings is 1. The van der Waals surface area contributed by atoms with E-state index in [4.69, 9.17) is 0 Å². The smallest absolute Gasteiger partial charge is 0.184 e. The maximum absolute atomic E-state index is 12.1. The summed E-state index contributed by atoms with van der Waals surface area (Å²) in [6.07, 6.45) is 1.37. The standard InChI is InChI=1S/C12H13NO3S/c1-9-3-4-12(7-10(9)2)17(14,15)8-11-5-6-16-13-11/h3-7H,8H2,1-2H3. The summed E-state index contributed by atoms with van der Waals surface area (Å²) in [4.78, 5) is 0.323. The van der Waals surface area contributed by atoms with Crippen LogP contribution in [-0.2, 0) is 15.6 Å². The first-order chi connectivity index (χ1) is 7.99. The average Bonchev–Trinajstić information content (AvgIpc) is 2.73. The molecule has 5 heteroatoms. The molecule has 0 spiro atoms. The van der Waals surface area contributed by atoms with Crippen LogP contribution in [0.3, 0.4) is 0 Å². The van der Waals surface area contributed by atoms with Crippen molar-refractivity contribution >= 4 is 9.84 Å². The lowest BCUT2D eigenvalue weighted by Gasteiger charge is -2.05. The number of aryl methyl sites for hydroxylation is 2. The third-order valence-corrected chi connectivity index (χ3v) is 4.31. The van der Waals surface area contributed by atoms with E-state index in [1.165, 1.54) is 6.26 Å². The quantitative estimate of drug-likeness (QED) is 0.839.